The van der Waals surface area contributed by atoms with E-state index in [4.69, 9.17) is 5.11 Å². The molecule has 1 aromatic rings. The van der Waals surface area contributed by atoms with Crippen LogP contribution in [0, 0.1) is 12.8 Å². The van der Waals surface area contributed by atoms with Crippen LogP contribution in [0.25, 0.3) is 0 Å². The highest BCUT2D eigenvalue weighted by molar-refractivity contribution is 5.14. The first-order valence-corrected chi connectivity index (χ1v) is 4.68. The van der Waals surface area contributed by atoms with Gasteiger partial charge in [-0.15, -0.1) is 0 Å². The summed E-state index contributed by atoms with van der Waals surface area (Å²) < 4.78 is 2.06. The molecule has 74 valence electrons. The monoisotopic (exact) mass is 182 g/mol. The van der Waals surface area contributed by atoms with Crippen molar-refractivity contribution in [1.82, 2.24) is 9.55 Å². The van der Waals surface area contributed by atoms with Gasteiger partial charge in [0.1, 0.15) is 5.82 Å². The molecular weight excluding hydrogens is 164 g/mol. The van der Waals surface area contributed by atoms with Crippen LogP contribution in [0.3, 0.4) is 0 Å². The second-order valence-corrected chi connectivity index (χ2v) is 3.88. The van der Waals surface area contributed by atoms with Crippen LogP contribution in [0.1, 0.15) is 31.1 Å². The first-order chi connectivity index (χ1) is 6.06. The highest BCUT2D eigenvalue weighted by Crippen LogP contribution is 2.12. The van der Waals surface area contributed by atoms with Gasteiger partial charge >= 0.3 is 0 Å². The van der Waals surface area contributed by atoms with Gasteiger partial charge in [0.15, 0.2) is 0 Å². The zero-order chi connectivity index (χ0) is 10.0. The summed E-state index contributed by atoms with van der Waals surface area (Å²) in [5, 5.41) is 9.01. The van der Waals surface area contributed by atoms with Crippen molar-refractivity contribution < 1.29 is 5.11 Å². The minimum absolute atomic E-state index is 0.0395. The first-order valence-electron chi connectivity index (χ1n) is 4.68. The molecule has 0 aliphatic heterocycles. The van der Waals surface area contributed by atoms with Crippen LogP contribution in [0.4, 0.5) is 0 Å². The van der Waals surface area contributed by atoms with Crippen molar-refractivity contribution >= 4 is 0 Å². The van der Waals surface area contributed by atoms with Crippen LogP contribution in [0.15, 0.2) is 0 Å². The number of hydrogen-bond acceptors (Lipinski definition) is 2. The van der Waals surface area contributed by atoms with Gasteiger partial charge in [-0.05, 0) is 12.8 Å². The minimum atomic E-state index is 0.0395. The van der Waals surface area contributed by atoms with Gasteiger partial charge in [0.05, 0.1) is 12.3 Å². The smallest absolute Gasteiger partial charge is 0.109 e. The lowest BCUT2D eigenvalue weighted by molar-refractivity contribution is 0.276. The van der Waals surface area contributed by atoms with E-state index in [2.05, 4.69) is 23.4 Å². The van der Waals surface area contributed by atoms with Crippen molar-refractivity contribution in [2.75, 3.05) is 0 Å². The zero-order valence-electron chi connectivity index (χ0n) is 8.83. The summed E-state index contributed by atoms with van der Waals surface area (Å²) in [6, 6.07) is 0. The fourth-order valence-electron chi connectivity index (χ4n) is 1.40. The number of aliphatic hydroxyl groups excluding tert-OH is 1. The Morgan fingerprint density at radius 1 is 1.46 bits per heavy atom. The third kappa shape index (κ3) is 2.10. The minimum Gasteiger partial charge on any atom is -0.390 e. The van der Waals surface area contributed by atoms with Crippen molar-refractivity contribution in [3.05, 3.63) is 17.2 Å². The van der Waals surface area contributed by atoms with Gasteiger partial charge in [-0.2, -0.15) is 0 Å². The Hall–Kier alpha value is -0.830. The molecule has 0 unspecified atom stereocenters. The molecule has 0 aliphatic carbocycles. The molecule has 1 N–H and O–H groups in total. The lowest BCUT2D eigenvalue weighted by Crippen LogP contribution is -2.03. The molecular formula is C10H18N2O. The quantitative estimate of drug-likeness (QED) is 0.767. The number of hydrogen-bond donors (Lipinski definition) is 1. The van der Waals surface area contributed by atoms with E-state index in [0.717, 1.165) is 23.6 Å². The Morgan fingerprint density at radius 3 is 2.46 bits per heavy atom. The van der Waals surface area contributed by atoms with Gasteiger partial charge in [-0.1, -0.05) is 13.8 Å². The van der Waals surface area contributed by atoms with E-state index >= 15 is 0 Å². The third-order valence-corrected chi connectivity index (χ3v) is 2.31. The molecule has 0 bridgehead atoms. The van der Waals surface area contributed by atoms with Crippen LogP contribution in [0.2, 0.25) is 0 Å². The molecule has 1 heterocycles. The van der Waals surface area contributed by atoms with Crippen molar-refractivity contribution in [2.45, 2.75) is 33.8 Å². The van der Waals surface area contributed by atoms with Crippen LogP contribution in [-0.4, -0.2) is 14.7 Å². The van der Waals surface area contributed by atoms with E-state index < -0.39 is 0 Å². The van der Waals surface area contributed by atoms with Gasteiger partial charge < -0.3 is 9.67 Å². The first kappa shape index (κ1) is 10.3. The lowest BCUT2D eigenvalue weighted by Gasteiger charge is -2.04. The summed E-state index contributed by atoms with van der Waals surface area (Å²) >= 11 is 0. The maximum atomic E-state index is 9.01. The van der Waals surface area contributed by atoms with E-state index in [1.54, 1.807) is 0 Å². The Bertz CT molecular complexity index is 289. The number of aliphatic hydroxyl groups is 1. The maximum absolute atomic E-state index is 9.01. The van der Waals surface area contributed by atoms with Gasteiger partial charge in [0, 0.05) is 19.2 Å². The van der Waals surface area contributed by atoms with Gasteiger partial charge in [-0.25, -0.2) is 4.98 Å². The summed E-state index contributed by atoms with van der Waals surface area (Å²) in [5.74, 6) is 1.67. The van der Waals surface area contributed by atoms with Crippen molar-refractivity contribution in [1.29, 1.82) is 0 Å². The fourth-order valence-corrected chi connectivity index (χ4v) is 1.40. The standard InChI is InChI=1S/C10H18N2O/c1-7(2)5-10-11-9(6-13)8(3)12(10)4/h7,13H,5-6H2,1-4H3. The maximum Gasteiger partial charge on any atom is 0.109 e. The van der Waals surface area contributed by atoms with E-state index in [-0.39, 0.29) is 6.61 Å². The van der Waals surface area contributed by atoms with Crippen molar-refractivity contribution in [2.24, 2.45) is 13.0 Å². The number of aromatic nitrogens is 2. The fraction of sp³-hybridized carbons (Fsp3) is 0.700. The molecule has 13 heavy (non-hydrogen) atoms. The summed E-state index contributed by atoms with van der Waals surface area (Å²) in [5.41, 5.74) is 1.87. The molecule has 0 spiro atoms. The van der Waals surface area contributed by atoms with Crippen LogP contribution < -0.4 is 0 Å². The third-order valence-electron chi connectivity index (χ3n) is 2.31. The predicted molar refractivity (Wildman–Crippen MR) is 52.4 cm³/mol. The number of nitrogens with zero attached hydrogens (tertiary/aromatic N) is 2. The van der Waals surface area contributed by atoms with E-state index in [1.165, 1.54) is 0 Å². The molecule has 1 rings (SSSR count). The van der Waals surface area contributed by atoms with E-state index in [1.807, 2.05) is 14.0 Å². The molecule has 0 saturated heterocycles. The second kappa shape index (κ2) is 3.92. The van der Waals surface area contributed by atoms with E-state index in [9.17, 15) is 0 Å². The molecule has 0 aromatic carbocycles. The Morgan fingerprint density at radius 2 is 2.08 bits per heavy atom. The molecule has 0 aliphatic rings. The van der Waals surface area contributed by atoms with Gasteiger partial charge in [-0.3, -0.25) is 0 Å². The number of rotatable bonds is 3. The Kier molecular flexibility index (Phi) is 3.09. The Balaban J connectivity index is 2.95. The largest absolute Gasteiger partial charge is 0.390 e. The molecule has 0 atom stereocenters. The molecule has 0 radical (unpaired) electrons. The average molecular weight is 182 g/mol. The highest BCUT2D eigenvalue weighted by atomic mass is 16.3. The molecule has 0 amide bonds. The average Bonchev–Trinajstić information content (AvgIpc) is 2.32. The lowest BCUT2D eigenvalue weighted by atomic mass is 10.1. The van der Waals surface area contributed by atoms with Gasteiger partial charge in [0.25, 0.3) is 0 Å². The summed E-state index contributed by atoms with van der Waals surface area (Å²) in [6.45, 7) is 6.37. The Labute approximate surface area is 79.4 Å². The van der Waals surface area contributed by atoms with E-state index in [0.29, 0.717) is 5.92 Å². The summed E-state index contributed by atoms with van der Waals surface area (Å²) in [7, 11) is 2.00. The van der Waals surface area contributed by atoms with Crippen LogP contribution >= 0.6 is 0 Å². The highest BCUT2D eigenvalue weighted by Gasteiger charge is 2.10. The number of imidazole rings is 1. The van der Waals surface area contributed by atoms with Gasteiger partial charge in [0.2, 0.25) is 0 Å². The predicted octanol–water partition coefficient (Wildman–Crippen LogP) is 1.42. The molecule has 3 heteroatoms. The summed E-state index contributed by atoms with van der Waals surface area (Å²) in [6.07, 6.45) is 0.970. The van der Waals surface area contributed by atoms with Crippen molar-refractivity contribution in [3.63, 3.8) is 0 Å². The normalized spacial score (nSPS) is 11.2. The zero-order valence-corrected chi connectivity index (χ0v) is 8.83. The second-order valence-electron chi connectivity index (χ2n) is 3.88. The summed E-state index contributed by atoms with van der Waals surface area (Å²) in [4.78, 5) is 4.38. The molecule has 3 nitrogen and oxygen atoms in total. The van der Waals surface area contributed by atoms with Crippen molar-refractivity contribution in [3.8, 4) is 0 Å². The molecule has 1 aromatic heterocycles. The van der Waals surface area contributed by atoms with Crippen LogP contribution in [0.5, 0.6) is 0 Å². The molecule has 0 fully saturated rings. The molecule has 0 saturated carbocycles. The topological polar surface area (TPSA) is 38.1 Å². The van der Waals surface area contributed by atoms with Crippen LogP contribution in [-0.2, 0) is 20.1 Å². The SMILES string of the molecule is Cc1c(CO)nc(CC(C)C)n1C.